The molecule has 1 N–H and O–H groups in total. The number of nitrogens with zero attached hydrogens (tertiary/aromatic N) is 4. The summed E-state index contributed by atoms with van der Waals surface area (Å²) in [4.78, 5) is 9.16. The van der Waals surface area contributed by atoms with E-state index < -0.39 is 0 Å². The lowest BCUT2D eigenvalue weighted by molar-refractivity contribution is 0.292. The summed E-state index contributed by atoms with van der Waals surface area (Å²) in [5.74, 6) is 0. The summed E-state index contributed by atoms with van der Waals surface area (Å²) in [5, 5.41) is 4.34. The standard InChI is InChI=1S/C21H31N5S/c1-21(2,3)25-14-10-16(15-25)19-18(17-9-6-7-11-22-17)23-20(27)26(19)13-8-12-24(4)5/h6-7,9-11,14-15,18-19H,8,12-13H2,1-5H3,(H,23,27). The van der Waals surface area contributed by atoms with Crippen LogP contribution in [0.3, 0.4) is 0 Å². The van der Waals surface area contributed by atoms with Gasteiger partial charge in [-0.25, -0.2) is 0 Å². The molecule has 3 heterocycles. The average Bonchev–Trinajstić information content (AvgIpc) is 3.20. The number of pyridine rings is 1. The number of thiocarbonyl (C=S) groups is 1. The lowest BCUT2D eigenvalue weighted by atomic mass is 9.99. The predicted molar refractivity (Wildman–Crippen MR) is 115 cm³/mol. The van der Waals surface area contributed by atoms with Crippen molar-refractivity contribution >= 4 is 17.3 Å². The van der Waals surface area contributed by atoms with Crippen molar-refractivity contribution in [3.63, 3.8) is 0 Å². The first-order valence-corrected chi connectivity index (χ1v) is 9.99. The molecule has 0 aromatic carbocycles. The van der Waals surface area contributed by atoms with Crippen molar-refractivity contribution < 1.29 is 0 Å². The van der Waals surface area contributed by atoms with E-state index in [1.807, 2.05) is 18.3 Å². The van der Waals surface area contributed by atoms with Crippen molar-refractivity contribution in [1.82, 2.24) is 24.7 Å². The molecular formula is C21H31N5S. The van der Waals surface area contributed by atoms with E-state index in [9.17, 15) is 0 Å². The molecule has 27 heavy (non-hydrogen) atoms. The Morgan fingerprint density at radius 2 is 2.00 bits per heavy atom. The van der Waals surface area contributed by atoms with Crippen LogP contribution < -0.4 is 5.32 Å². The number of hydrogen-bond donors (Lipinski definition) is 1. The maximum Gasteiger partial charge on any atom is 0.170 e. The second-order valence-corrected chi connectivity index (χ2v) is 8.89. The van der Waals surface area contributed by atoms with Gasteiger partial charge in [-0.2, -0.15) is 0 Å². The first-order valence-electron chi connectivity index (χ1n) is 9.58. The van der Waals surface area contributed by atoms with Crippen LogP contribution >= 0.6 is 12.2 Å². The molecule has 0 saturated carbocycles. The zero-order valence-corrected chi connectivity index (χ0v) is 17.8. The highest BCUT2D eigenvalue weighted by Crippen LogP contribution is 2.39. The minimum Gasteiger partial charge on any atom is -0.352 e. The van der Waals surface area contributed by atoms with E-state index in [4.69, 9.17) is 12.2 Å². The summed E-state index contributed by atoms with van der Waals surface area (Å²) in [6.45, 7) is 8.64. The van der Waals surface area contributed by atoms with Gasteiger partial charge in [0.1, 0.15) is 0 Å². The van der Waals surface area contributed by atoms with Gasteiger partial charge < -0.3 is 19.7 Å². The van der Waals surface area contributed by atoms with Gasteiger partial charge in [0.05, 0.1) is 17.8 Å². The third-order valence-electron chi connectivity index (χ3n) is 5.03. The van der Waals surface area contributed by atoms with E-state index >= 15 is 0 Å². The minimum absolute atomic E-state index is 0.0566. The molecule has 1 aliphatic rings. The fourth-order valence-electron chi connectivity index (χ4n) is 3.57. The number of nitrogens with one attached hydrogen (secondary N) is 1. The Kier molecular flexibility index (Phi) is 5.86. The summed E-state index contributed by atoms with van der Waals surface area (Å²) in [6, 6.07) is 8.51. The van der Waals surface area contributed by atoms with Crippen molar-refractivity contribution in [1.29, 1.82) is 0 Å². The second-order valence-electron chi connectivity index (χ2n) is 8.50. The molecule has 2 atom stereocenters. The molecule has 146 valence electrons. The Labute approximate surface area is 168 Å². The highest BCUT2D eigenvalue weighted by Gasteiger charge is 2.40. The molecule has 0 bridgehead atoms. The lowest BCUT2D eigenvalue weighted by Crippen LogP contribution is -2.32. The van der Waals surface area contributed by atoms with Crippen molar-refractivity contribution in [2.75, 3.05) is 27.2 Å². The lowest BCUT2D eigenvalue weighted by Gasteiger charge is -2.28. The van der Waals surface area contributed by atoms with Crippen LogP contribution in [0.4, 0.5) is 0 Å². The van der Waals surface area contributed by atoms with Crippen molar-refractivity contribution in [3.05, 3.63) is 54.1 Å². The van der Waals surface area contributed by atoms with Crippen LogP contribution in [-0.2, 0) is 5.54 Å². The van der Waals surface area contributed by atoms with E-state index in [0.717, 1.165) is 30.3 Å². The third-order valence-corrected chi connectivity index (χ3v) is 5.39. The first-order chi connectivity index (χ1) is 12.8. The van der Waals surface area contributed by atoms with E-state index in [2.05, 4.69) is 84.1 Å². The summed E-state index contributed by atoms with van der Waals surface area (Å²) < 4.78 is 2.27. The summed E-state index contributed by atoms with van der Waals surface area (Å²) in [7, 11) is 4.22. The molecule has 1 saturated heterocycles. The van der Waals surface area contributed by atoms with Gasteiger partial charge in [0.2, 0.25) is 0 Å². The SMILES string of the molecule is CN(C)CCCN1C(=S)NC(c2ccccn2)C1c1ccn(C(C)(C)C)c1. The Balaban J connectivity index is 1.92. The fraction of sp³-hybridized carbons (Fsp3) is 0.524. The molecular weight excluding hydrogens is 354 g/mol. The molecule has 2 unspecified atom stereocenters. The molecule has 3 rings (SSSR count). The van der Waals surface area contributed by atoms with Gasteiger partial charge in [-0.1, -0.05) is 6.07 Å². The van der Waals surface area contributed by atoms with E-state index in [1.165, 1.54) is 5.56 Å². The van der Waals surface area contributed by atoms with Gasteiger partial charge in [0, 0.05) is 30.7 Å². The molecule has 0 amide bonds. The van der Waals surface area contributed by atoms with E-state index in [-0.39, 0.29) is 17.6 Å². The van der Waals surface area contributed by atoms with Gasteiger partial charge in [0.15, 0.2) is 5.11 Å². The highest BCUT2D eigenvalue weighted by atomic mass is 32.1. The maximum atomic E-state index is 5.72. The van der Waals surface area contributed by atoms with Crippen LogP contribution in [-0.4, -0.2) is 51.6 Å². The molecule has 0 aliphatic carbocycles. The van der Waals surface area contributed by atoms with Crippen LogP contribution in [0.2, 0.25) is 0 Å². The molecule has 2 aromatic rings. The number of aromatic nitrogens is 2. The highest BCUT2D eigenvalue weighted by molar-refractivity contribution is 7.80. The fourth-order valence-corrected chi connectivity index (χ4v) is 3.90. The zero-order chi connectivity index (χ0) is 19.6. The van der Waals surface area contributed by atoms with Gasteiger partial charge in [-0.15, -0.1) is 0 Å². The van der Waals surface area contributed by atoms with Crippen LogP contribution in [0.1, 0.15) is 50.5 Å². The minimum atomic E-state index is 0.0566. The van der Waals surface area contributed by atoms with Gasteiger partial charge >= 0.3 is 0 Å². The van der Waals surface area contributed by atoms with Gasteiger partial charge in [-0.05, 0) is 83.8 Å². The monoisotopic (exact) mass is 385 g/mol. The van der Waals surface area contributed by atoms with Gasteiger partial charge in [0.25, 0.3) is 0 Å². The van der Waals surface area contributed by atoms with Crippen molar-refractivity contribution in [2.45, 2.75) is 44.8 Å². The average molecular weight is 386 g/mol. The van der Waals surface area contributed by atoms with E-state index in [0.29, 0.717) is 0 Å². The number of hydrogen-bond acceptors (Lipinski definition) is 3. The molecule has 0 radical (unpaired) electrons. The second kappa shape index (κ2) is 7.98. The molecule has 5 nitrogen and oxygen atoms in total. The molecule has 0 spiro atoms. The normalized spacial score (nSPS) is 20.4. The zero-order valence-electron chi connectivity index (χ0n) is 17.0. The maximum absolute atomic E-state index is 5.72. The van der Waals surface area contributed by atoms with Crippen molar-refractivity contribution in [2.24, 2.45) is 0 Å². The quantitative estimate of drug-likeness (QED) is 0.770. The van der Waals surface area contributed by atoms with Crippen LogP contribution in [0.15, 0.2) is 42.9 Å². The topological polar surface area (TPSA) is 36.3 Å². The Morgan fingerprint density at radius 3 is 2.59 bits per heavy atom. The Bertz CT molecular complexity index is 762. The Hall–Kier alpha value is -1.92. The van der Waals surface area contributed by atoms with Crippen LogP contribution in [0.25, 0.3) is 0 Å². The van der Waals surface area contributed by atoms with Crippen LogP contribution in [0.5, 0.6) is 0 Å². The molecule has 1 aliphatic heterocycles. The number of rotatable bonds is 6. The molecule has 6 heteroatoms. The third kappa shape index (κ3) is 4.50. The molecule has 1 fully saturated rings. The Morgan fingerprint density at radius 1 is 1.22 bits per heavy atom. The summed E-state index contributed by atoms with van der Waals surface area (Å²) in [6.07, 6.45) is 7.35. The predicted octanol–water partition coefficient (Wildman–Crippen LogP) is 3.56. The van der Waals surface area contributed by atoms with E-state index in [1.54, 1.807) is 0 Å². The van der Waals surface area contributed by atoms with Crippen LogP contribution in [0, 0.1) is 0 Å². The smallest absolute Gasteiger partial charge is 0.170 e. The largest absolute Gasteiger partial charge is 0.352 e. The summed E-state index contributed by atoms with van der Waals surface area (Å²) in [5.41, 5.74) is 2.36. The van der Waals surface area contributed by atoms with Gasteiger partial charge in [-0.3, -0.25) is 4.98 Å². The first kappa shape index (κ1) is 19.8. The molecule has 2 aromatic heterocycles. The van der Waals surface area contributed by atoms with Crippen molar-refractivity contribution in [3.8, 4) is 0 Å². The summed E-state index contributed by atoms with van der Waals surface area (Å²) >= 11 is 5.72.